The number of carbonyl (C=O) groups excluding carboxylic acids is 1. The molecule has 1 amide bonds. The smallest absolute Gasteiger partial charge is 0.251 e. The van der Waals surface area contributed by atoms with Gasteiger partial charge in [0.1, 0.15) is 11.5 Å². The first-order valence-corrected chi connectivity index (χ1v) is 8.39. The van der Waals surface area contributed by atoms with Crippen molar-refractivity contribution >= 4 is 18.1 Å². The summed E-state index contributed by atoms with van der Waals surface area (Å²) in [7, 11) is 3.19. The summed E-state index contributed by atoms with van der Waals surface area (Å²) in [5.41, 5.74) is 2.30. The fourth-order valence-electron chi connectivity index (χ4n) is 2.59. The third-order valence-corrected chi connectivity index (χ3v) is 4.30. The quantitative estimate of drug-likeness (QED) is 0.653. The zero-order valence-corrected chi connectivity index (χ0v) is 15.3. The number of ether oxygens (including phenoxy) is 2. The molecule has 3 rings (SSSR count). The van der Waals surface area contributed by atoms with Gasteiger partial charge in [-0.25, -0.2) is 0 Å². The van der Waals surface area contributed by atoms with Gasteiger partial charge in [-0.15, -0.1) is 0 Å². The summed E-state index contributed by atoms with van der Waals surface area (Å²) in [6.07, 6.45) is 3.61. The number of hydrogen-bond donors (Lipinski definition) is 2. The summed E-state index contributed by atoms with van der Waals surface area (Å²) >= 11 is 5.20. The number of hydrogen-bond acceptors (Lipinski definition) is 4. The van der Waals surface area contributed by atoms with Crippen molar-refractivity contribution < 1.29 is 14.3 Å². The van der Waals surface area contributed by atoms with Crippen molar-refractivity contribution in [3.63, 3.8) is 0 Å². The van der Waals surface area contributed by atoms with E-state index in [-0.39, 0.29) is 5.91 Å². The van der Waals surface area contributed by atoms with Crippen LogP contribution in [0.3, 0.4) is 0 Å². The molecule has 0 aliphatic rings. The average molecular weight is 369 g/mol. The number of carbonyl (C=O) groups is 1. The number of imidazole rings is 1. The number of methoxy groups -OCH3 is 2. The summed E-state index contributed by atoms with van der Waals surface area (Å²) in [4.78, 5) is 15.4. The average Bonchev–Trinajstić information content (AvgIpc) is 3.11. The molecule has 1 heterocycles. The Morgan fingerprint density at radius 3 is 2.54 bits per heavy atom. The van der Waals surface area contributed by atoms with Crippen LogP contribution in [0.25, 0.3) is 5.69 Å². The van der Waals surface area contributed by atoms with Crippen LogP contribution >= 0.6 is 12.2 Å². The molecule has 0 unspecified atom stereocenters. The molecule has 0 aliphatic carbocycles. The first kappa shape index (κ1) is 17.8. The summed E-state index contributed by atoms with van der Waals surface area (Å²) in [6, 6.07) is 12.7. The molecule has 0 aliphatic heterocycles. The Kier molecular flexibility index (Phi) is 5.38. The lowest BCUT2D eigenvalue weighted by Crippen LogP contribution is -2.23. The molecule has 1 aromatic heterocycles. The molecule has 0 bridgehead atoms. The number of aromatic amines is 1. The number of aromatic nitrogens is 2. The number of nitrogens with zero attached hydrogens (tertiary/aromatic N) is 1. The number of H-pyrrole nitrogens is 1. The maximum absolute atomic E-state index is 12.4. The van der Waals surface area contributed by atoms with E-state index in [2.05, 4.69) is 10.3 Å². The molecule has 134 valence electrons. The van der Waals surface area contributed by atoms with E-state index in [1.165, 1.54) is 0 Å². The van der Waals surface area contributed by atoms with E-state index in [0.717, 1.165) is 11.3 Å². The largest absolute Gasteiger partial charge is 0.497 e. The van der Waals surface area contributed by atoms with Crippen LogP contribution in [0.4, 0.5) is 0 Å². The SMILES string of the molecule is COc1ccc(OC)c(CNC(=O)c2ccc(-n3cc[nH]c3=S)cc2)c1. The third-order valence-electron chi connectivity index (χ3n) is 3.98. The lowest BCUT2D eigenvalue weighted by molar-refractivity contribution is 0.0950. The standard InChI is InChI=1S/C19H19N3O3S/c1-24-16-7-8-17(25-2)14(11-16)12-21-18(23)13-3-5-15(6-4-13)22-10-9-20-19(22)26/h3-11H,12H2,1-2H3,(H,20,26)(H,21,23). The highest BCUT2D eigenvalue weighted by atomic mass is 32.1. The van der Waals surface area contributed by atoms with Crippen molar-refractivity contribution in [1.29, 1.82) is 0 Å². The van der Waals surface area contributed by atoms with Crippen LogP contribution in [0, 0.1) is 4.77 Å². The molecule has 0 saturated carbocycles. The van der Waals surface area contributed by atoms with Crippen LogP contribution in [-0.4, -0.2) is 29.7 Å². The Morgan fingerprint density at radius 2 is 1.92 bits per heavy atom. The number of nitrogens with one attached hydrogen (secondary N) is 2. The molecule has 3 aromatic rings. The molecule has 0 saturated heterocycles. The van der Waals surface area contributed by atoms with Gasteiger partial charge in [0, 0.05) is 35.8 Å². The fraction of sp³-hybridized carbons (Fsp3) is 0.158. The summed E-state index contributed by atoms with van der Waals surface area (Å²) < 4.78 is 13.0. The molecule has 2 N–H and O–H groups in total. The van der Waals surface area contributed by atoms with E-state index in [1.54, 1.807) is 32.5 Å². The van der Waals surface area contributed by atoms with E-state index in [1.807, 2.05) is 41.1 Å². The van der Waals surface area contributed by atoms with Crippen LogP contribution in [0.1, 0.15) is 15.9 Å². The van der Waals surface area contributed by atoms with E-state index >= 15 is 0 Å². The van der Waals surface area contributed by atoms with E-state index in [0.29, 0.717) is 28.4 Å². The van der Waals surface area contributed by atoms with Crippen molar-refractivity contribution in [1.82, 2.24) is 14.9 Å². The van der Waals surface area contributed by atoms with Gasteiger partial charge < -0.3 is 19.8 Å². The summed E-state index contributed by atoms with van der Waals surface area (Å²) in [5.74, 6) is 1.24. The van der Waals surface area contributed by atoms with Crippen LogP contribution < -0.4 is 14.8 Å². The summed E-state index contributed by atoms with van der Waals surface area (Å²) in [6.45, 7) is 0.337. The fourth-order valence-corrected chi connectivity index (χ4v) is 2.83. The van der Waals surface area contributed by atoms with Gasteiger partial charge in [-0.3, -0.25) is 9.36 Å². The molecule has 6 nitrogen and oxygen atoms in total. The van der Waals surface area contributed by atoms with Gasteiger partial charge in [0.15, 0.2) is 4.77 Å². The lowest BCUT2D eigenvalue weighted by Gasteiger charge is -2.12. The third kappa shape index (κ3) is 3.78. The van der Waals surface area contributed by atoms with Crippen molar-refractivity contribution in [2.45, 2.75) is 6.54 Å². The molecule has 0 radical (unpaired) electrons. The Labute approximate surface area is 156 Å². The molecular weight excluding hydrogens is 350 g/mol. The van der Waals surface area contributed by atoms with Gasteiger partial charge in [-0.2, -0.15) is 0 Å². The van der Waals surface area contributed by atoms with E-state index in [4.69, 9.17) is 21.7 Å². The van der Waals surface area contributed by atoms with Crippen LogP contribution in [0.15, 0.2) is 54.9 Å². The highest BCUT2D eigenvalue weighted by molar-refractivity contribution is 7.71. The minimum Gasteiger partial charge on any atom is -0.497 e. The number of rotatable bonds is 6. The van der Waals surface area contributed by atoms with Crippen molar-refractivity contribution in [2.24, 2.45) is 0 Å². The van der Waals surface area contributed by atoms with Crippen molar-refractivity contribution in [2.75, 3.05) is 14.2 Å². The second-order valence-corrected chi connectivity index (χ2v) is 5.93. The Hall–Kier alpha value is -3.06. The lowest BCUT2D eigenvalue weighted by atomic mass is 10.1. The Morgan fingerprint density at radius 1 is 1.15 bits per heavy atom. The normalized spacial score (nSPS) is 10.4. The topological polar surface area (TPSA) is 68.3 Å². The van der Waals surface area contributed by atoms with Crippen molar-refractivity contribution in [3.8, 4) is 17.2 Å². The van der Waals surface area contributed by atoms with Crippen LogP contribution in [0.2, 0.25) is 0 Å². The van der Waals surface area contributed by atoms with E-state index in [9.17, 15) is 4.79 Å². The molecule has 0 fully saturated rings. The zero-order valence-electron chi connectivity index (χ0n) is 14.5. The molecule has 0 spiro atoms. The van der Waals surface area contributed by atoms with Gasteiger partial charge in [0.25, 0.3) is 5.91 Å². The highest BCUT2D eigenvalue weighted by Crippen LogP contribution is 2.23. The maximum atomic E-state index is 12.4. The molecular formula is C19H19N3O3S. The number of benzene rings is 2. The minimum atomic E-state index is -0.168. The molecule has 7 heteroatoms. The first-order chi connectivity index (χ1) is 12.6. The summed E-state index contributed by atoms with van der Waals surface area (Å²) in [5, 5.41) is 2.90. The molecule has 0 atom stereocenters. The van der Waals surface area contributed by atoms with Gasteiger partial charge >= 0.3 is 0 Å². The second-order valence-electron chi connectivity index (χ2n) is 5.54. The van der Waals surface area contributed by atoms with E-state index < -0.39 is 0 Å². The van der Waals surface area contributed by atoms with Crippen LogP contribution in [-0.2, 0) is 6.54 Å². The van der Waals surface area contributed by atoms with Gasteiger partial charge in [0.05, 0.1) is 14.2 Å². The van der Waals surface area contributed by atoms with Gasteiger partial charge in [-0.05, 0) is 54.7 Å². The molecule has 2 aromatic carbocycles. The monoisotopic (exact) mass is 369 g/mol. The first-order valence-electron chi connectivity index (χ1n) is 7.98. The Balaban J connectivity index is 1.71. The van der Waals surface area contributed by atoms with Crippen molar-refractivity contribution in [3.05, 3.63) is 70.8 Å². The van der Waals surface area contributed by atoms with Gasteiger partial charge in [-0.1, -0.05) is 0 Å². The highest BCUT2D eigenvalue weighted by Gasteiger charge is 2.09. The predicted octanol–water partition coefficient (Wildman–Crippen LogP) is 3.48. The second kappa shape index (κ2) is 7.88. The maximum Gasteiger partial charge on any atom is 0.251 e. The van der Waals surface area contributed by atoms with Crippen LogP contribution in [0.5, 0.6) is 11.5 Å². The number of amides is 1. The van der Waals surface area contributed by atoms with Gasteiger partial charge in [0.2, 0.25) is 0 Å². The zero-order chi connectivity index (χ0) is 18.5. The minimum absolute atomic E-state index is 0.168. The predicted molar refractivity (Wildman–Crippen MR) is 102 cm³/mol. The Bertz CT molecular complexity index is 961. The molecule has 26 heavy (non-hydrogen) atoms.